The predicted molar refractivity (Wildman–Crippen MR) is 74.8 cm³/mol. The Labute approximate surface area is 110 Å². The number of rotatable bonds is 5. The van der Waals surface area contributed by atoms with Crippen LogP contribution in [0.3, 0.4) is 0 Å². The Morgan fingerprint density at radius 1 is 1.29 bits per heavy atom. The molecule has 0 radical (unpaired) electrons. The van der Waals surface area contributed by atoms with Crippen molar-refractivity contribution in [3.63, 3.8) is 0 Å². The Bertz CT molecular complexity index is 260. The minimum Gasteiger partial charge on any atom is -0.392 e. The molecule has 0 saturated heterocycles. The summed E-state index contributed by atoms with van der Waals surface area (Å²) in [6, 6.07) is 0. The summed E-state index contributed by atoms with van der Waals surface area (Å²) in [5.74, 6) is 0.472. The highest BCUT2D eigenvalue weighted by Gasteiger charge is 2.24. The molecule has 1 aliphatic rings. The van der Waals surface area contributed by atoms with Gasteiger partial charge in [-0.1, -0.05) is 44.8 Å². The minimum absolute atomic E-state index is 0.207. The number of nitrogens with two attached hydrogens (primary N) is 1. The summed E-state index contributed by atoms with van der Waals surface area (Å²) < 4.78 is 0. The van der Waals surface area contributed by atoms with Crippen LogP contribution in [0.15, 0.2) is 0 Å². The Hall–Kier alpha value is -0.640. The van der Waals surface area contributed by atoms with E-state index in [0.29, 0.717) is 11.5 Å². The molecule has 0 unspecified atom stereocenters. The van der Waals surface area contributed by atoms with Gasteiger partial charge >= 0.3 is 0 Å². The fraction of sp³-hybridized carbons (Fsp3) is 0.846. The van der Waals surface area contributed by atoms with E-state index in [1.54, 1.807) is 0 Å². The van der Waals surface area contributed by atoms with Gasteiger partial charge in [-0.3, -0.25) is 4.79 Å². The van der Waals surface area contributed by atoms with E-state index in [1.807, 2.05) is 4.90 Å². The zero-order valence-electron chi connectivity index (χ0n) is 10.8. The smallest absolute Gasteiger partial charge is 0.226 e. The molecule has 1 rings (SSSR count). The van der Waals surface area contributed by atoms with E-state index in [1.165, 1.54) is 25.7 Å². The summed E-state index contributed by atoms with van der Waals surface area (Å²) >= 11 is 4.92. The number of thiocarbonyl (C=S) groups is 1. The van der Waals surface area contributed by atoms with Crippen molar-refractivity contribution >= 4 is 23.1 Å². The van der Waals surface area contributed by atoms with Gasteiger partial charge in [-0.05, 0) is 19.3 Å². The maximum atomic E-state index is 12.4. The van der Waals surface area contributed by atoms with Gasteiger partial charge in [0.1, 0.15) is 0 Å². The summed E-state index contributed by atoms with van der Waals surface area (Å²) in [5, 5.41) is 0. The van der Waals surface area contributed by atoms with Crippen LogP contribution < -0.4 is 5.73 Å². The molecule has 1 saturated carbocycles. The normalized spacial score (nSPS) is 17.5. The van der Waals surface area contributed by atoms with E-state index >= 15 is 0 Å². The second-order valence-corrected chi connectivity index (χ2v) is 5.44. The van der Waals surface area contributed by atoms with Crippen LogP contribution in [-0.4, -0.2) is 28.9 Å². The lowest BCUT2D eigenvalue weighted by Gasteiger charge is -2.26. The molecule has 0 heterocycles. The molecule has 1 aliphatic carbocycles. The maximum absolute atomic E-state index is 12.4. The first-order chi connectivity index (χ1) is 8.15. The van der Waals surface area contributed by atoms with Crippen LogP contribution >= 0.6 is 12.2 Å². The number of hydrogen-bond acceptors (Lipinski definition) is 2. The number of hydrogen-bond donors (Lipinski definition) is 1. The first kappa shape index (κ1) is 14.4. The van der Waals surface area contributed by atoms with Crippen molar-refractivity contribution < 1.29 is 4.79 Å². The Kier molecular flexibility index (Phi) is 6.48. The third-order valence-corrected chi connectivity index (χ3v) is 3.49. The average molecular weight is 256 g/mol. The fourth-order valence-corrected chi connectivity index (χ4v) is 2.67. The van der Waals surface area contributed by atoms with Crippen LogP contribution in [0, 0.1) is 5.92 Å². The molecule has 0 spiro atoms. The number of amides is 1. The fourth-order valence-electron chi connectivity index (χ4n) is 2.51. The molecule has 0 aromatic carbocycles. The number of nitrogens with zero attached hydrogens (tertiary/aromatic N) is 1. The largest absolute Gasteiger partial charge is 0.392 e. The van der Waals surface area contributed by atoms with Crippen molar-refractivity contribution in [2.75, 3.05) is 13.1 Å². The first-order valence-corrected chi connectivity index (χ1v) is 7.13. The Balaban J connectivity index is 2.57. The minimum atomic E-state index is 0.207. The summed E-state index contributed by atoms with van der Waals surface area (Å²) in [6.07, 6.45) is 7.94. The molecular formula is C13H24N2OS. The second-order valence-electron chi connectivity index (χ2n) is 4.91. The van der Waals surface area contributed by atoms with Crippen LogP contribution in [0.25, 0.3) is 0 Å². The van der Waals surface area contributed by atoms with Gasteiger partial charge in [0, 0.05) is 12.5 Å². The molecule has 1 amide bonds. The van der Waals surface area contributed by atoms with E-state index in [2.05, 4.69) is 6.92 Å². The SMILES string of the molecule is CCCN(CC(N)=S)C(=O)C1CCCCCC1. The summed E-state index contributed by atoms with van der Waals surface area (Å²) in [4.78, 5) is 14.6. The Morgan fingerprint density at radius 2 is 1.88 bits per heavy atom. The van der Waals surface area contributed by atoms with Crippen LogP contribution in [0.5, 0.6) is 0 Å². The van der Waals surface area contributed by atoms with Gasteiger partial charge in [0.05, 0.1) is 11.5 Å². The zero-order valence-corrected chi connectivity index (χ0v) is 11.6. The summed E-state index contributed by atoms with van der Waals surface area (Å²) in [7, 11) is 0. The average Bonchev–Trinajstić information content (AvgIpc) is 2.55. The summed E-state index contributed by atoms with van der Waals surface area (Å²) in [5.41, 5.74) is 5.56. The van der Waals surface area contributed by atoms with E-state index in [-0.39, 0.29) is 11.8 Å². The van der Waals surface area contributed by atoms with E-state index in [9.17, 15) is 4.79 Å². The van der Waals surface area contributed by atoms with Crippen LogP contribution in [0.4, 0.5) is 0 Å². The van der Waals surface area contributed by atoms with Crippen LogP contribution in [0.1, 0.15) is 51.9 Å². The number of carbonyl (C=O) groups is 1. The lowest BCUT2D eigenvalue weighted by Crippen LogP contribution is -2.41. The molecular weight excluding hydrogens is 232 g/mol. The molecule has 0 aromatic rings. The second kappa shape index (κ2) is 7.64. The highest BCUT2D eigenvalue weighted by Crippen LogP contribution is 2.24. The van der Waals surface area contributed by atoms with E-state index in [4.69, 9.17) is 18.0 Å². The monoisotopic (exact) mass is 256 g/mol. The van der Waals surface area contributed by atoms with Gasteiger partial charge < -0.3 is 10.6 Å². The topological polar surface area (TPSA) is 46.3 Å². The van der Waals surface area contributed by atoms with Crippen molar-refractivity contribution in [1.29, 1.82) is 0 Å². The molecule has 0 atom stereocenters. The molecule has 0 bridgehead atoms. The van der Waals surface area contributed by atoms with Crippen molar-refractivity contribution in [3.05, 3.63) is 0 Å². The first-order valence-electron chi connectivity index (χ1n) is 6.72. The van der Waals surface area contributed by atoms with Crippen molar-refractivity contribution in [1.82, 2.24) is 4.90 Å². The molecule has 1 fully saturated rings. The van der Waals surface area contributed by atoms with Crippen LogP contribution in [-0.2, 0) is 4.79 Å². The molecule has 0 aromatic heterocycles. The zero-order chi connectivity index (χ0) is 12.7. The molecule has 17 heavy (non-hydrogen) atoms. The number of carbonyl (C=O) groups excluding carboxylic acids is 1. The van der Waals surface area contributed by atoms with Crippen molar-refractivity contribution in [2.24, 2.45) is 11.7 Å². The molecule has 0 aliphatic heterocycles. The van der Waals surface area contributed by atoms with Crippen LogP contribution in [0.2, 0.25) is 0 Å². The molecule has 3 nitrogen and oxygen atoms in total. The predicted octanol–water partition coefficient (Wildman–Crippen LogP) is 2.48. The lowest BCUT2D eigenvalue weighted by atomic mass is 9.98. The van der Waals surface area contributed by atoms with E-state index < -0.39 is 0 Å². The highest BCUT2D eigenvalue weighted by atomic mass is 32.1. The molecule has 4 heteroatoms. The quantitative estimate of drug-likeness (QED) is 0.607. The van der Waals surface area contributed by atoms with Gasteiger partial charge in [0.25, 0.3) is 0 Å². The van der Waals surface area contributed by atoms with Crippen molar-refractivity contribution in [3.8, 4) is 0 Å². The molecule has 2 N–H and O–H groups in total. The van der Waals surface area contributed by atoms with Crippen molar-refractivity contribution in [2.45, 2.75) is 51.9 Å². The summed E-state index contributed by atoms with van der Waals surface area (Å²) in [6.45, 7) is 3.29. The molecule has 98 valence electrons. The third kappa shape index (κ3) is 5.02. The Morgan fingerprint density at radius 3 is 2.35 bits per heavy atom. The van der Waals surface area contributed by atoms with E-state index in [0.717, 1.165) is 25.8 Å². The highest BCUT2D eigenvalue weighted by molar-refractivity contribution is 7.80. The van der Waals surface area contributed by atoms with Gasteiger partial charge in [-0.2, -0.15) is 0 Å². The maximum Gasteiger partial charge on any atom is 0.226 e. The van der Waals surface area contributed by atoms with Gasteiger partial charge in [-0.15, -0.1) is 0 Å². The van der Waals surface area contributed by atoms with Gasteiger partial charge in [-0.25, -0.2) is 0 Å². The third-order valence-electron chi connectivity index (χ3n) is 3.36. The lowest BCUT2D eigenvalue weighted by molar-refractivity contribution is -0.135. The van der Waals surface area contributed by atoms with Gasteiger partial charge in [0.15, 0.2) is 0 Å². The standard InChI is InChI=1S/C13H24N2OS/c1-2-9-15(10-12(14)17)13(16)11-7-5-3-4-6-8-11/h11H,2-10H2,1H3,(H2,14,17). The van der Waals surface area contributed by atoms with Gasteiger partial charge in [0.2, 0.25) is 5.91 Å².